The Kier molecular flexibility index (Phi) is 5.38. The molecule has 0 aliphatic heterocycles. The van der Waals surface area contributed by atoms with Crippen molar-refractivity contribution in [1.29, 1.82) is 0 Å². The van der Waals surface area contributed by atoms with E-state index in [1.165, 1.54) is 24.0 Å². The Morgan fingerprint density at radius 3 is 2.53 bits per heavy atom. The summed E-state index contributed by atoms with van der Waals surface area (Å²) < 4.78 is 0. The van der Waals surface area contributed by atoms with E-state index < -0.39 is 0 Å². The van der Waals surface area contributed by atoms with Gasteiger partial charge in [-0.2, -0.15) is 0 Å². The van der Waals surface area contributed by atoms with Crippen molar-refractivity contribution in [2.75, 3.05) is 0 Å². The number of hydrogen-bond acceptors (Lipinski definition) is 0. The molecular formula is C14H21Br. The summed E-state index contributed by atoms with van der Waals surface area (Å²) in [5, 5.41) is 0. The molecule has 1 heteroatoms. The highest BCUT2D eigenvalue weighted by Crippen LogP contribution is 2.23. The van der Waals surface area contributed by atoms with Crippen LogP contribution in [0.4, 0.5) is 0 Å². The fraction of sp³-hybridized carbons (Fsp3) is 0.571. The molecule has 1 aromatic rings. The molecule has 0 heterocycles. The number of aryl methyl sites for hydroxylation is 1. The highest BCUT2D eigenvalue weighted by Gasteiger charge is 2.14. The van der Waals surface area contributed by atoms with Crippen LogP contribution in [0, 0.1) is 12.8 Å². The molecular weight excluding hydrogens is 248 g/mol. The van der Waals surface area contributed by atoms with Crippen LogP contribution >= 0.6 is 15.9 Å². The van der Waals surface area contributed by atoms with Crippen LogP contribution < -0.4 is 0 Å². The first kappa shape index (κ1) is 12.8. The predicted octanol–water partition coefficient (Wildman–Crippen LogP) is 4.74. The summed E-state index contributed by atoms with van der Waals surface area (Å²) in [7, 11) is 0. The van der Waals surface area contributed by atoms with Crippen molar-refractivity contribution >= 4 is 15.9 Å². The van der Waals surface area contributed by atoms with Crippen LogP contribution in [0.1, 0.15) is 37.8 Å². The van der Waals surface area contributed by atoms with Crippen LogP contribution in [0.5, 0.6) is 0 Å². The molecule has 0 amide bonds. The maximum absolute atomic E-state index is 3.82. The number of halogens is 1. The normalized spacial score (nSPS) is 14.9. The molecule has 0 radical (unpaired) electrons. The van der Waals surface area contributed by atoms with Crippen molar-refractivity contribution in [2.24, 2.45) is 5.92 Å². The van der Waals surface area contributed by atoms with Crippen molar-refractivity contribution in [3.05, 3.63) is 35.4 Å². The standard InChI is InChI=1S/C14H21Br/c1-4-7-12(3)14(15)10-13-9-6-5-8-11(13)2/h5-6,8-9,12,14H,4,7,10H2,1-3H3. The minimum absolute atomic E-state index is 0.610. The lowest BCUT2D eigenvalue weighted by Gasteiger charge is -2.18. The van der Waals surface area contributed by atoms with Gasteiger partial charge in [-0.05, 0) is 36.8 Å². The third kappa shape index (κ3) is 3.98. The van der Waals surface area contributed by atoms with Gasteiger partial charge in [-0.3, -0.25) is 0 Å². The SMILES string of the molecule is CCCC(C)C(Br)Cc1ccccc1C. The average Bonchev–Trinajstić information content (AvgIpc) is 2.21. The molecule has 0 aliphatic carbocycles. The lowest BCUT2D eigenvalue weighted by Crippen LogP contribution is -2.14. The molecule has 0 N–H and O–H groups in total. The van der Waals surface area contributed by atoms with Gasteiger partial charge in [-0.25, -0.2) is 0 Å². The summed E-state index contributed by atoms with van der Waals surface area (Å²) >= 11 is 3.82. The molecule has 2 unspecified atom stereocenters. The summed E-state index contributed by atoms with van der Waals surface area (Å²) in [6.45, 7) is 6.78. The van der Waals surface area contributed by atoms with Crippen LogP contribution in [0.25, 0.3) is 0 Å². The van der Waals surface area contributed by atoms with Gasteiger partial charge in [0.2, 0.25) is 0 Å². The van der Waals surface area contributed by atoms with E-state index in [1.54, 1.807) is 0 Å². The van der Waals surface area contributed by atoms with Gasteiger partial charge >= 0.3 is 0 Å². The molecule has 0 saturated heterocycles. The first-order valence-corrected chi connectivity index (χ1v) is 6.75. The number of alkyl halides is 1. The number of benzene rings is 1. The van der Waals surface area contributed by atoms with Crippen molar-refractivity contribution < 1.29 is 0 Å². The topological polar surface area (TPSA) is 0 Å². The Balaban J connectivity index is 2.58. The molecule has 0 aliphatic rings. The fourth-order valence-electron chi connectivity index (χ4n) is 1.89. The quantitative estimate of drug-likeness (QED) is 0.677. The zero-order chi connectivity index (χ0) is 11.3. The van der Waals surface area contributed by atoms with Gasteiger partial charge in [0.15, 0.2) is 0 Å². The monoisotopic (exact) mass is 268 g/mol. The zero-order valence-electron chi connectivity index (χ0n) is 9.96. The van der Waals surface area contributed by atoms with E-state index in [9.17, 15) is 0 Å². The minimum Gasteiger partial charge on any atom is -0.0884 e. The van der Waals surface area contributed by atoms with Crippen LogP contribution in [-0.2, 0) is 6.42 Å². The third-order valence-electron chi connectivity index (χ3n) is 3.04. The maximum atomic E-state index is 3.82. The first-order chi connectivity index (χ1) is 7.15. The Labute approximate surface area is 102 Å². The van der Waals surface area contributed by atoms with E-state index in [0.717, 1.165) is 12.3 Å². The van der Waals surface area contributed by atoms with E-state index in [0.29, 0.717) is 4.83 Å². The second-order valence-electron chi connectivity index (χ2n) is 4.41. The van der Waals surface area contributed by atoms with Crippen LogP contribution in [0.15, 0.2) is 24.3 Å². The van der Waals surface area contributed by atoms with Gasteiger partial charge in [0.25, 0.3) is 0 Å². The summed E-state index contributed by atoms with van der Waals surface area (Å²) in [6.07, 6.45) is 3.73. The van der Waals surface area contributed by atoms with Gasteiger partial charge in [0.05, 0.1) is 0 Å². The Morgan fingerprint density at radius 2 is 1.93 bits per heavy atom. The smallest absolute Gasteiger partial charge is 0.0211 e. The molecule has 84 valence electrons. The second-order valence-corrected chi connectivity index (χ2v) is 5.59. The van der Waals surface area contributed by atoms with E-state index in [1.807, 2.05) is 0 Å². The number of rotatable bonds is 5. The largest absolute Gasteiger partial charge is 0.0884 e. The molecule has 1 aromatic carbocycles. The summed E-state index contributed by atoms with van der Waals surface area (Å²) in [6, 6.07) is 8.67. The van der Waals surface area contributed by atoms with Crippen LogP contribution in [0.3, 0.4) is 0 Å². The van der Waals surface area contributed by atoms with E-state index in [4.69, 9.17) is 0 Å². The molecule has 0 spiro atoms. The van der Waals surface area contributed by atoms with Gasteiger partial charge in [-0.15, -0.1) is 0 Å². The maximum Gasteiger partial charge on any atom is 0.0211 e. The molecule has 0 fully saturated rings. The molecule has 2 atom stereocenters. The van der Waals surface area contributed by atoms with Gasteiger partial charge in [0.1, 0.15) is 0 Å². The Hall–Kier alpha value is -0.300. The van der Waals surface area contributed by atoms with Gasteiger partial charge in [-0.1, -0.05) is 60.5 Å². The average molecular weight is 269 g/mol. The molecule has 0 bridgehead atoms. The highest BCUT2D eigenvalue weighted by molar-refractivity contribution is 9.09. The second kappa shape index (κ2) is 6.32. The summed E-state index contributed by atoms with van der Waals surface area (Å²) in [5.41, 5.74) is 2.88. The molecule has 0 saturated carbocycles. The van der Waals surface area contributed by atoms with Crippen LogP contribution in [0.2, 0.25) is 0 Å². The van der Waals surface area contributed by atoms with Crippen molar-refractivity contribution in [2.45, 2.75) is 44.9 Å². The van der Waals surface area contributed by atoms with E-state index >= 15 is 0 Å². The Bertz CT molecular complexity index is 293. The predicted molar refractivity (Wildman–Crippen MR) is 71.7 cm³/mol. The van der Waals surface area contributed by atoms with Crippen LogP contribution in [-0.4, -0.2) is 4.83 Å². The van der Waals surface area contributed by atoms with Gasteiger partial charge < -0.3 is 0 Å². The summed E-state index contributed by atoms with van der Waals surface area (Å²) in [5.74, 6) is 0.759. The fourth-order valence-corrected chi connectivity index (χ4v) is 2.50. The van der Waals surface area contributed by atoms with Crippen molar-refractivity contribution in [3.63, 3.8) is 0 Å². The molecule has 0 nitrogen and oxygen atoms in total. The van der Waals surface area contributed by atoms with Crippen molar-refractivity contribution in [3.8, 4) is 0 Å². The molecule has 0 aromatic heterocycles. The first-order valence-electron chi connectivity index (χ1n) is 5.83. The minimum atomic E-state index is 0.610. The Morgan fingerprint density at radius 1 is 1.27 bits per heavy atom. The van der Waals surface area contributed by atoms with E-state index in [-0.39, 0.29) is 0 Å². The summed E-state index contributed by atoms with van der Waals surface area (Å²) in [4.78, 5) is 0.610. The third-order valence-corrected chi connectivity index (χ3v) is 4.26. The van der Waals surface area contributed by atoms with Crippen molar-refractivity contribution in [1.82, 2.24) is 0 Å². The lowest BCUT2D eigenvalue weighted by atomic mass is 9.95. The number of hydrogen-bond donors (Lipinski definition) is 0. The zero-order valence-corrected chi connectivity index (χ0v) is 11.5. The highest BCUT2D eigenvalue weighted by atomic mass is 79.9. The van der Waals surface area contributed by atoms with E-state index in [2.05, 4.69) is 61.0 Å². The van der Waals surface area contributed by atoms with Gasteiger partial charge in [0, 0.05) is 4.83 Å². The molecule has 15 heavy (non-hydrogen) atoms. The molecule has 1 rings (SSSR count). The lowest BCUT2D eigenvalue weighted by molar-refractivity contribution is 0.505.